The molecule has 5 rings (SSSR count). The van der Waals surface area contributed by atoms with Gasteiger partial charge in [0.05, 0.1) is 5.56 Å². The number of hydrogen-bond acceptors (Lipinski definition) is 2. The van der Waals surface area contributed by atoms with Crippen molar-refractivity contribution >= 4 is 63.4 Å². The number of phenolic OH excluding ortho intramolecular Hbond substituents is 1. The molecule has 5 aromatic rings. The third-order valence-corrected chi connectivity index (χ3v) is 5.13. The van der Waals surface area contributed by atoms with Crippen molar-refractivity contribution < 1.29 is 9.90 Å². The van der Waals surface area contributed by atoms with Crippen molar-refractivity contribution in [1.29, 1.82) is 0 Å². The average Bonchev–Trinajstić information content (AvgIpc) is 2.73. The number of hydrogen-bond donors (Lipinski definition) is 2. The molecule has 2 nitrogen and oxygen atoms in total. The SMILES string of the molecule is O=C(S)c1ccccc1O.[B]c1cccc2ccc3cc4ccccc4cc3c12. The summed E-state index contributed by atoms with van der Waals surface area (Å²) in [4.78, 5) is 10.6. The number of fused-ring (bicyclic) bond motifs is 4. The first-order valence-corrected chi connectivity index (χ1v) is 9.60. The summed E-state index contributed by atoms with van der Waals surface area (Å²) in [5, 5.41) is 15.9. The van der Waals surface area contributed by atoms with Gasteiger partial charge in [-0.3, -0.25) is 4.79 Å². The van der Waals surface area contributed by atoms with E-state index in [1.54, 1.807) is 12.1 Å². The Morgan fingerprint density at radius 1 is 0.724 bits per heavy atom. The molecule has 0 amide bonds. The van der Waals surface area contributed by atoms with Crippen LogP contribution in [0.4, 0.5) is 0 Å². The van der Waals surface area contributed by atoms with E-state index in [4.69, 9.17) is 13.0 Å². The number of phenols is 1. The molecule has 5 aromatic carbocycles. The molecule has 0 saturated heterocycles. The zero-order valence-electron chi connectivity index (χ0n) is 15.5. The van der Waals surface area contributed by atoms with Crippen LogP contribution in [0.1, 0.15) is 10.4 Å². The van der Waals surface area contributed by atoms with Gasteiger partial charge in [0.1, 0.15) is 13.6 Å². The highest BCUT2D eigenvalue weighted by molar-refractivity contribution is 7.97. The number of para-hydroxylation sites is 1. The zero-order valence-corrected chi connectivity index (χ0v) is 16.4. The first kappa shape index (κ1) is 19.1. The first-order chi connectivity index (χ1) is 14.0. The van der Waals surface area contributed by atoms with Crippen LogP contribution >= 0.6 is 12.6 Å². The van der Waals surface area contributed by atoms with E-state index in [1.165, 1.54) is 39.1 Å². The Kier molecular flexibility index (Phi) is 5.28. The van der Waals surface area contributed by atoms with E-state index < -0.39 is 5.12 Å². The van der Waals surface area contributed by atoms with Crippen molar-refractivity contribution in [3.8, 4) is 5.75 Å². The molecule has 0 aliphatic carbocycles. The molecule has 0 unspecified atom stereocenters. The molecule has 0 atom stereocenters. The van der Waals surface area contributed by atoms with Gasteiger partial charge in [0.25, 0.3) is 0 Å². The number of aromatic hydroxyl groups is 1. The van der Waals surface area contributed by atoms with E-state index in [0.29, 0.717) is 0 Å². The molecule has 0 aliphatic heterocycles. The number of benzene rings is 5. The second-order valence-electron chi connectivity index (χ2n) is 6.75. The quantitative estimate of drug-likeness (QED) is 0.173. The van der Waals surface area contributed by atoms with Crippen molar-refractivity contribution in [3.63, 3.8) is 0 Å². The fraction of sp³-hybridized carbons (Fsp3) is 0. The Morgan fingerprint density at radius 3 is 2.03 bits per heavy atom. The normalized spacial score (nSPS) is 10.7. The van der Waals surface area contributed by atoms with E-state index in [2.05, 4.69) is 67.2 Å². The fourth-order valence-corrected chi connectivity index (χ4v) is 3.67. The Balaban J connectivity index is 0.000000174. The van der Waals surface area contributed by atoms with Gasteiger partial charge in [-0.05, 0) is 56.6 Å². The van der Waals surface area contributed by atoms with Gasteiger partial charge in [-0.2, -0.15) is 0 Å². The van der Waals surface area contributed by atoms with Crippen molar-refractivity contribution in [2.75, 3.05) is 0 Å². The Hall–Kier alpha value is -3.24. The van der Waals surface area contributed by atoms with Crippen LogP contribution in [0.2, 0.25) is 0 Å². The van der Waals surface area contributed by atoms with Crippen LogP contribution in [0.3, 0.4) is 0 Å². The predicted octanol–water partition coefficient (Wildman–Crippen LogP) is 5.40. The minimum Gasteiger partial charge on any atom is -0.507 e. The number of carbonyl (C=O) groups excluding carboxylic acids is 1. The molecule has 4 heteroatoms. The second kappa shape index (κ2) is 8.02. The van der Waals surface area contributed by atoms with Gasteiger partial charge in [-0.25, -0.2) is 0 Å². The fourth-order valence-electron chi connectivity index (χ4n) is 3.49. The topological polar surface area (TPSA) is 37.3 Å². The molecule has 1 N–H and O–H groups in total. The van der Waals surface area contributed by atoms with Crippen molar-refractivity contribution in [2.24, 2.45) is 0 Å². The van der Waals surface area contributed by atoms with Crippen LogP contribution in [0.25, 0.3) is 32.3 Å². The lowest BCUT2D eigenvalue weighted by atomic mass is 9.87. The molecule has 138 valence electrons. The largest absolute Gasteiger partial charge is 0.507 e. The van der Waals surface area contributed by atoms with Crippen LogP contribution in [-0.2, 0) is 0 Å². The lowest BCUT2D eigenvalue weighted by molar-refractivity contribution is 0.108. The van der Waals surface area contributed by atoms with Crippen molar-refractivity contribution in [1.82, 2.24) is 0 Å². The van der Waals surface area contributed by atoms with Gasteiger partial charge in [-0.1, -0.05) is 72.2 Å². The standard InChI is InChI=1S/C18H11B.C7H6O2S/c19-17-7-3-6-12-8-9-15-10-13-4-1-2-5-14(13)11-16(15)18(12)17;8-6-4-2-1-3-5(6)7(9)10/h1-11H;1-4,8H,(H,9,10). The molecule has 0 aliphatic rings. The zero-order chi connectivity index (χ0) is 20.4. The van der Waals surface area contributed by atoms with Crippen LogP contribution in [-0.4, -0.2) is 18.1 Å². The summed E-state index contributed by atoms with van der Waals surface area (Å²) in [6.45, 7) is 0. The lowest BCUT2D eigenvalue weighted by Gasteiger charge is -2.09. The molecule has 0 aromatic heterocycles. The van der Waals surface area contributed by atoms with Crippen molar-refractivity contribution in [3.05, 3.63) is 96.6 Å². The smallest absolute Gasteiger partial charge is 0.220 e. The van der Waals surface area contributed by atoms with Gasteiger partial charge in [0, 0.05) is 0 Å². The van der Waals surface area contributed by atoms with Gasteiger partial charge in [0.15, 0.2) is 0 Å². The Morgan fingerprint density at radius 2 is 1.34 bits per heavy atom. The highest BCUT2D eigenvalue weighted by Crippen LogP contribution is 2.28. The molecular weight excluding hydrogens is 375 g/mol. The van der Waals surface area contributed by atoms with Gasteiger partial charge < -0.3 is 5.11 Å². The molecule has 0 bridgehead atoms. The maximum Gasteiger partial charge on any atom is 0.220 e. The summed E-state index contributed by atoms with van der Waals surface area (Å²) >= 11 is 3.56. The third kappa shape index (κ3) is 3.85. The van der Waals surface area contributed by atoms with Gasteiger partial charge >= 0.3 is 0 Å². The summed E-state index contributed by atoms with van der Waals surface area (Å²) in [5.41, 5.74) is 1.09. The molecule has 0 spiro atoms. The third-order valence-electron chi connectivity index (χ3n) is 4.89. The van der Waals surface area contributed by atoms with Gasteiger partial charge in [-0.15, -0.1) is 12.6 Å². The van der Waals surface area contributed by atoms with Crippen molar-refractivity contribution in [2.45, 2.75) is 0 Å². The summed E-state index contributed by atoms with van der Waals surface area (Å²) in [7, 11) is 6.17. The van der Waals surface area contributed by atoms with E-state index in [9.17, 15) is 4.79 Å². The van der Waals surface area contributed by atoms with E-state index in [1.807, 2.05) is 12.1 Å². The summed E-state index contributed by atoms with van der Waals surface area (Å²) in [6.07, 6.45) is 0. The van der Waals surface area contributed by atoms with E-state index in [0.717, 1.165) is 10.8 Å². The predicted molar refractivity (Wildman–Crippen MR) is 126 cm³/mol. The highest BCUT2D eigenvalue weighted by Gasteiger charge is 2.05. The first-order valence-electron chi connectivity index (χ1n) is 9.15. The van der Waals surface area contributed by atoms with Crippen LogP contribution in [0.15, 0.2) is 91.0 Å². The summed E-state index contributed by atoms with van der Waals surface area (Å²) in [6, 6.07) is 29.6. The number of carbonyl (C=O) groups is 1. The molecule has 2 radical (unpaired) electrons. The maximum atomic E-state index is 10.6. The molecule has 29 heavy (non-hydrogen) atoms. The molecule has 0 saturated carbocycles. The Bertz CT molecular complexity index is 1360. The second-order valence-corrected chi connectivity index (χ2v) is 7.16. The summed E-state index contributed by atoms with van der Waals surface area (Å²) < 4.78 is 0. The van der Waals surface area contributed by atoms with Gasteiger partial charge in [0.2, 0.25) is 5.12 Å². The Labute approximate surface area is 175 Å². The molecular formula is C25H17BO2S. The monoisotopic (exact) mass is 392 g/mol. The van der Waals surface area contributed by atoms with Crippen LogP contribution < -0.4 is 5.46 Å². The van der Waals surface area contributed by atoms with E-state index >= 15 is 0 Å². The molecule has 0 fully saturated rings. The minimum atomic E-state index is -0.418. The molecule has 0 heterocycles. The summed E-state index contributed by atoms with van der Waals surface area (Å²) in [5.74, 6) is -0.0255. The highest BCUT2D eigenvalue weighted by atomic mass is 32.1. The van der Waals surface area contributed by atoms with Crippen LogP contribution in [0, 0.1) is 0 Å². The number of thiol groups is 1. The van der Waals surface area contributed by atoms with E-state index in [-0.39, 0.29) is 11.3 Å². The lowest BCUT2D eigenvalue weighted by Crippen LogP contribution is -2.03. The average molecular weight is 392 g/mol. The number of rotatable bonds is 1. The maximum absolute atomic E-state index is 10.6. The minimum absolute atomic E-state index is 0.0255. The van der Waals surface area contributed by atoms with Crippen LogP contribution in [0.5, 0.6) is 5.75 Å².